The van der Waals surface area contributed by atoms with Gasteiger partial charge in [-0.05, 0) is 24.3 Å². The molecule has 10 heteroatoms. The number of aromatic nitrogens is 3. The van der Waals surface area contributed by atoms with Gasteiger partial charge in [-0.2, -0.15) is 0 Å². The average Bonchev–Trinajstić information content (AvgIpc) is 3.13. The Kier molecular flexibility index (Phi) is 4.99. The molecule has 1 fully saturated rings. The molecule has 1 aliphatic rings. The van der Waals surface area contributed by atoms with E-state index in [4.69, 9.17) is 4.74 Å². The van der Waals surface area contributed by atoms with Crippen LogP contribution in [0, 0.1) is 0 Å². The van der Waals surface area contributed by atoms with E-state index in [0.29, 0.717) is 43.0 Å². The largest absolute Gasteiger partial charge is 0.573 e. The summed E-state index contributed by atoms with van der Waals surface area (Å²) in [7, 11) is 0. The number of nitrogens with zero attached hydrogens (tertiary/aromatic N) is 4. The molecule has 0 spiro atoms. The number of carbonyl (C=O) groups is 1. The number of ether oxygens (including phenoxy) is 2. The lowest BCUT2D eigenvalue weighted by atomic mass is 10.1. The summed E-state index contributed by atoms with van der Waals surface area (Å²) in [6.07, 6.45) is 2.79. The highest BCUT2D eigenvalue weighted by Crippen LogP contribution is 2.26. The molecule has 2 aromatic heterocycles. The number of benzene rings is 1. The Morgan fingerprint density at radius 1 is 1.07 bits per heavy atom. The van der Waals surface area contributed by atoms with Crippen LogP contribution in [0.2, 0.25) is 0 Å². The van der Waals surface area contributed by atoms with E-state index >= 15 is 0 Å². The van der Waals surface area contributed by atoms with E-state index in [-0.39, 0.29) is 17.8 Å². The summed E-state index contributed by atoms with van der Waals surface area (Å²) < 4.78 is 48.0. The number of hydrogen-bond acceptors (Lipinski definition) is 5. The van der Waals surface area contributed by atoms with Crippen molar-refractivity contribution < 1.29 is 27.4 Å². The van der Waals surface area contributed by atoms with Gasteiger partial charge in [0.15, 0.2) is 5.65 Å². The summed E-state index contributed by atoms with van der Waals surface area (Å²) in [5, 5.41) is 0. The van der Waals surface area contributed by atoms with E-state index in [1.165, 1.54) is 30.5 Å². The zero-order chi connectivity index (χ0) is 20.4. The molecule has 0 radical (unpaired) electrons. The van der Waals surface area contributed by atoms with E-state index in [1.807, 2.05) is 0 Å². The van der Waals surface area contributed by atoms with Crippen molar-refractivity contribution in [3.63, 3.8) is 0 Å². The van der Waals surface area contributed by atoms with Gasteiger partial charge in [0.25, 0.3) is 5.91 Å². The summed E-state index contributed by atoms with van der Waals surface area (Å²) >= 11 is 0. The van der Waals surface area contributed by atoms with Crippen molar-refractivity contribution in [2.24, 2.45) is 0 Å². The number of hydrogen-bond donors (Lipinski definition) is 0. The minimum atomic E-state index is -4.72. The van der Waals surface area contributed by atoms with Gasteiger partial charge in [-0.1, -0.05) is 0 Å². The molecule has 0 aliphatic carbocycles. The van der Waals surface area contributed by atoms with Gasteiger partial charge in [0.05, 0.1) is 12.4 Å². The lowest BCUT2D eigenvalue weighted by Crippen LogP contribution is -2.42. The van der Waals surface area contributed by atoms with Gasteiger partial charge in [0.1, 0.15) is 23.3 Å². The molecule has 1 saturated heterocycles. The van der Waals surface area contributed by atoms with E-state index < -0.39 is 6.36 Å². The molecule has 0 N–H and O–H groups in total. The molecule has 1 amide bonds. The summed E-state index contributed by atoms with van der Waals surface area (Å²) in [6, 6.07) is 5.29. The number of rotatable bonds is 4. The van der Waals surface area contributed by atoms with Crippen LogP contribution in [0.25, 0.3) is 5.65 Å². The number of fused-ring (bicyclic) bond motifs is 1. The topological polar surface area (TPSA) is 69.0 Å². The third kappa shape index (κ3) is 4.41. The maximum absolute atomic E-state index is 12.8. The zero-order valence-electron chi connectivity index (χ0n) is 15.2. The van der Waals surface area contributed by atoms with Crippen LogP contribution >= 0.6 is 0 Å². The molecular formula is C19H17F3N4O3. The highest BCUT2D eigenvalue weighted by atomic mass is 19.4. The first-order valence-electron chi connectivity index (χ1n) is 8.98. The number of likely N-dealkylation sites (tertiary alicyclic amines) is 1. The molecule has 1 aliphatic heterocycles. The maximum Gasteiger partial charge on any atom is 0.573 e. The van der Waals surface area contributed by atoms with Crippen molar-refractivity contribution in [2.75, 3.05) is 13.1 Å². The van der Waals surface area contributed by atoms with Gasteiger partial charge < -0.3 is 14.4 Å². The van der Waals surface area contributed by atoms with E-state index in [9.17, 15) is 18.0 Å². The second kappa shape index (κ2) is 7.61. The molecule has 152 valence electrons. The molecule has 7 nitrogen and oxygen atoms in total. The summed E-state index contributed by atoms with van der Waals surface area (Å²) in [5.74, 6) is 0.0443. The fraction of sp³-hybridized carbons (Fsp3) is 0.316. The molecule has 3 heterocycles. The van der Waals surface area contributed by atoms with Crippen LogP contribution < -0.4 is 9.47 Å². The predicted octanol–water partition coefficient (Wildman–Crippen LogP) is 3.31. The molecular weight excluding hydrogens is 389 g/mol. The fourth-order valence-corrected chi connectivity index (χ4v) is 3.25. The number of alkyl halides is 3. The average molecular weight is 406 g/mol. The van der Waals surface area contributed by atoms with Crippen molar-refractivity contribution in [1.29, 1.82) is 0 Å². The normalized spacial score (nSPS) is 15.5. The second-order valence-corrected chi connectivity index (χ2v) is 6.58. The van der Waals surface area contributed by atoms with Gasteiger partial charge in [0.2, 0.25) is 0 Å². The van der Waals surface area contributed by atoms with Gasteiger partial charge in [-0.3, -0.25) is 14.2 Å². The van der Waals surface area contributed by atoms with Gasteiger partial charge >= 0.3 is 6.36 Å². The molecule has 0 unspecified atom stereocenters. The molecule has 0 saturated carbocycles. The number of piperidine rings is 1. The lowest BCUT2D eigenvalue weighted by Gasteiger charge is -2.32. The van der Waals surface area contributed by atoms with Gasteiger partial charge in [-0.15, -0.1) is 13.2 Å². The Morgan fingerprint density at radius 3 is 2.45 bits per heavy atom. The minimum absolute atomic E-state index is 0.115. The zero-order valence-corrected chi connectivity index (χ0v) is 15.2. The number of imidazole rings is 1. The van der Waals surface area contributed by atoms with E-state index in [1.54, 1.807) is 27.9 Å². The van der Waals surface area contributed by atoms with Gasteiger partial charge in [0, 0.05) is 38.3 Å². The number of carbonyl (C=O) groups excluding carboxylic acids is 1. The van der Waals surface area contributed by atoms with Crippen molar-refractivity contribution in [2.45, 2.75) is 25.3 Å². The summed E-state index contributed by atoms with van der Waals surface area (Å²) in [4.78, 5) is 22.7. The molecule has 3 aromatic rings. The Hall–Kier alpha value is -3.30. The molecule has 4 rings (SSSR count). The maximum atomic E-state index is 12.8. The Balaban J connectivity index is 1.33. The van der Waals surface area contributed by atoms with Crippen LogP contribution in [-0.2, 0) is 0 Å². The highest BCUT2D eigenvalue weighted by molar-refractivity contribution is 5.93. The monoisotopic (exact) mass is 406 g/mol. The van der Waals surface area contributed by atoms with Crippen molar-refractivity contribution in [3.8, 4) is 11.5 Å². The first-order valence-corrected chi connectivity index (χ1v) is 8.98. The van der Waals surface area contributed by atoms with Crippen LogP contribution in [0.1, 0.15) is 23.3 Å². The molecule has 29 heavy (non-hydrogen) atoms. The fourth-order valence-electron chi connectivity index (χ4n) is 3.25. The number of halogens is 3. The summed E-state index contributed by atoms with van der Waals surface area (Å²) in [5.41, 5.74) is 1.08. The van der Waals surface area contributed by atoms with Crippen LogP contribution in [-0.4, -0.2) is 50.7 Å². The third-order valence-electron chi connectivity index (χ3n) is 4.63. The molecule has 0 bridgehead atoms. The summed E-state index contributed by atoms with van der Waals surface area (Å²) in [6.45, 7) is 1.02. The Morgan fingerprint density at radius 2 is 1.76 bits per heavy atom. The van der Waals surface area contributed by atoms with E-state index in [0.717, 1.165) is 0 Å². The van der Waals surface area contributed by atoms with E-state index in [2.05, 4.69) is 14.7 Å². The van der Waals surface area contributed by atoms with Crippen LogP contribution in [0.3, 0.4) is 0 Å². The van der Waals surface area contributed by atoms with Crippen molar-refractivity contribution in [3.05, 3.63) is 54.7 Å². The number of amides is 1. The quantitative estimate of drug-likeness (QED) is 0.665. The van der Waals surface area contributed by atoms with Crippen molar-refractivity contribution in [1.82, 2.24) is 19.3 Å². The SMILES string of the molecule is O=C(c1cnc2cnccn12)N1CCC(Oc2ccc(OC(F)(F)F)cc2)CC1. The van der Waals surface area contributed by atoms with Gasteiger partial charge in [-0.25, -0.2) is 4.98 Å². The molecule has 0 atom stereocenters. The Labute approximate surface area is 163 Å². The first kappa shape index (κ1) is 19.0. The van der Waals surface area contributed by atoms with Crippen LogP contribution in [0.5, 0.6) is 11.5 Å². The smallest absolute Gasteiger partial charge is 0.490 e. The lowest BCUT2D eigenvalue weighted by molar-refractivity contribution is -0.274. The second-order valence-electron chi connectivity index (χ2n) is 6.58. The predicted molar refractivity (Wildman–Crippen MR) is 95.7 cm³/mol. The Bertz CT molecular complexity index is 996. The third-order valence-corrected chi connectivity index (χ3v) is 4.63. The highest BCUT2D eigenvalue weighted by Gasteiger charge is 2.31. The van der Waals surface area contributed by atoms with Crippen molar-refractivity contribution >= 4 is 11.6 Å². The van der Waals surface area contributed by atoms with Crippen LogP contribution in [0.4, 0.5) is 13.2 Å². The van der Waals surface area contributed by atoms with Crippen LogP contribution in [0.15, 0.2) is 49.1 Å². The standard InChI is InChI=1S/C19H17F3N4O3/c20-19(21,22)29-15-3-1-13(2-4-15)28-14-5-8-25(9-6-14)18(27)16-11-24-17-12-23-7-10-26(16)17/h1-4,7,10-12,14H,5-6,8-9H2. The first-order chi connectivity index (χ1) is 13.9. The minimum Gasteiger partial charge on any atom is -0.490 e. The molecule has 1 aromatic carbocycles.